The second-order valence-corrected chi connectivity index (χ2v) is 7.84. The molecule has 0 aliphatic heterocycles. The van der Waals surface area contributed by atoms with Crippen molar-refractivity contribution in [3.63, 3.8) is 0 Å². The number of hydrogen-bond donors (Lipinski definition) is 3. The molecule has 2 rings (SSSR count). The van der Waals surface area contributed by atoms with E-state index in [0.29, 0.717) is 6.54 Å². The molecule has 6 heteroatoms. The van der Waals surface area contributed by atoms with Crippen LogP contribution in [0.25, 0.3) is 10.9 Å². The van der Waals surface area contributed by atoms with Crippen molar-refractivity contribution < 1.29 is 9.53 Å². The molecule has 0 unspecified atom stereocenters. The van der Waals surface area contributed by atoms with Crippen LogP contribution < -0.4 is 10.6 Å². The van der Waals surface area contributed by atoms with E-state index in [1.807, 2.05) is 26.8 Å². The first-order valence-corrected chi connectivity index (χ1v) is 9.54. The first-order valence-electron chi connectivity index (χ1n) is 9.14. The van der Waals surface area contributed by atoms with Crippen molar-refractivity contribution in [2.75, 3.05) is 13.1 Å². The quantitative estimate of drug-likeness (QED) is 0.475. The van der Waals surface area contributed by atoms with Crippen LogP contribution in [0.5, 0.6) is 0 Å². The van der Waals surface area contributed by atoms with Crippen molar-refractivity contribution in [2.24, 2.45) is 0 Å². The highest BCUT2D eigenvalue weighted by Gasteiger charge is 2.15. The molecule has 0 radical (unpaired) electrons. The summed E-state index contributed by atoms with van der Waals surface area (Å²) in [7, 11) is 0. The monoisotopic (exact) mass is 375 g/mol. The average molecular weight is 376 g/mol. The second-order valence-electron chi connectivity index (χ2n) is 7.35. The number of thiocarbonyl (C=S) groups is 1. The van der Waals surface area contributed by atoms with E-state index >= 15 is 0 Å². The normalized spacial score (nSPS) is 11.3. The Hall–Kier alpha value is -2.08. The van der Waals surface area contributed by atoms with Crippen molar-refractivity contribution in [1.29, 1.82) is 0 Å². The lowest BCUT2D eigenvalue weighted by Gasteiger charge is -2.19. The average Bonchev–Trinajstić information content (AvgIpc) is 2.97. The van der Waals surface area contributed by atoms with Crippen LogP contribution in [0.1, 0.15) is 45.6 Å². The molecule has 0 aliphatic rings. The minimum atomic E-state index is -0.456. The molecule has 1 heterocycles. The molecule has 2 aromatic rings. The number of rotatable bonds is 8. The first kappa shape index (κ1) is 20.2. The van der Waals surface area contributed by atoms with Gasteiger partial charge in [0.2, 0.25) is 0 Å². The van der Waals surface area contributed by atoms with Crippen molar-refractivity contribution in [1.82, 2.24) is 15.6 Å². The summed E-state index contributed by atoms with van der Waals surface area (Å²) in [6.45, 7) is 7.00. The van der Waals surface area contributed by atoms with Crippen LogP contribution in [0.3, 0.4) is 0 Å². The number of aryl methyl sites for hydroxylation is 1. The molecule has 1 aromatic heterocycles. The van der Waals surface area contributed by atoms with E-state index in [1.165, 1.54) is 16.5 Å². The third kappa shape index (κ3) is 7.04. The molecule has 0 bridgehead atoms. The predicted molar refractivity (Wildman–Crippen MR) is 111 cm³/mol. The number of ether oxygens (including phenoxy) is 1. The van der Waals surface area contributed by atoms with E-state index in [1.54, 1.807) is 0 Å². The molecule has 0 aliphatic carbocycles. The van der Waals surface area contributed by atoms with E-state index in [4.69, 9.17) is 17.0 Å². The maximum atomic E-state index is 11.5. The number of fused-ring (bicyclic) bond motifs is 1. The maximum absolute atomic E-state index is 11.5. The SMILES string of the molecule is CC(C)(C)OC(=O)NCCCCNC(=S)CCc1c[nH]c2ccccc12. The highest BCUT2D eigenvalue weighted by Crippen LogP contribution is 2.18. The summed E-state index contributed by atoms with van der Waals surface area (Å²) in [6, 6.07) is 8.31. The molecule has 0 saturated carbocycles. The zero-order valence-corrected chi connectivity index (χ0v) is 16.7. The molecule has 5 nitrogen and oxygen atoms in total. The maximum Gasteiger partial charge on any atom is 0.407 e. The molecule has 142 valence electrons. The third-order valence-corrected chi connectivity index (χ3v) is 4.24. The fourth-order valence-electron chi connectivity index (χ4n) is 2.66. The van der Waals surface area contributed by atoms with Crippen molar-refractivity contribution in [3.05, 3.63) is 36.0 Å². The van der Waals surface area contributed by atoms with Crippen LogP contribution >= 0.6 is 12.2 Å². The zero-order chi connectivity index (χ0) is 19.0. The van der Waals surface area contributed by atoms with Crippen LogP contribution in [-0.4, -0.2) is 34.8 Å². The minimum Gasteiger partial charge on any atom is -0.444 e. The Morgan fingerprint density at radius 2 is 1.85 bits per heavy atom. The summed E-state index contributed by atoms with van der Waals surface area (Å²) in [5.74, 6) is 0. The Bertz CT molecular complexity index is 734. The van der Waals surface area contributed by atoms with Gasteiger partial charge < -0.3 is 20.4 Å². The van der Waals surface area contributed by atoms with Gasteiger partial charge in [0, 0.05) is 36.6 Å². The highest BCUT2D eigenvalue weighted by molar-refractivity contribution is 7.80. The fourth-order valence-corrected chi connectivity index (χ4v) is 2.86. The van der Waals surface area contributed by atoms with Crippen LogP contribution in [0, 0.1) is 0 Å². The fraction of sp³-hybridized carbons (Fsp3) is 0.500. The van der Waals surface area contributed by atoms with Gasteiger partial charge in [0.15, 0.2) is 0 Å². The Balaban J connectivity index is 1.56. The Labute approximate surface area is 160 Å². The second kappa shape index (κ2) is 9.57. The molecule has 0 atom stereocenters. The summed E-state index contributed by atoms with van der Waals surface area (Å²) in [6.07, 6.45) is 5.30. The number of amides is 1. The molecular weight excluding hydrogens is 346 g/mol. The van der Waals surface area contributed by atoms with Gasteiger partial charge in [-0.15, -0.1) is 0 Å². The number of carbonyl (C=O) groups excluding carboxylic acids is 1. The van der Waals surface area contributed by atoms with Gasteiger partial charge in [-0.2, -0.15) is 0 Å². The molecule has 0 saturated heterocycles. The van der Waals surface area contributed by atoms with Crippen LogP contribution in [-0.2, 0) is 11.2 Å². The lowest BCUT2D eigenvalue weighted by atomic mass is 10.1. The number of carbonyl (C=O) groups is 1. The first-order chi connectivity index (χ1) is 12.3. The zero-order valence-electron chi connectivity index (χ0n) is 15.9. The third-order valence-electron chi connectivity index (χ3n) is 3.89. The van der Waals surface area contributed by atoms with E-state index in [0.717, 1.165) is 37.2 Å². The van der Waals surface area contributed by atoms with E-state index in [2.05, 4.69) is 40.0 Å². The molecule has 0 fully saturated rings. The van der Waals surface area contributed by atoms with Gasteiger partial charge >= 0.3 is 6.09 Å². The van der Waals surface area contributed by atoms with Crippen molar-refractivity contribution >= 4 is 34.2 Å². The number of nitrogens with one attached hydrogen (secondary N) is 3. The van der Waals surface area contributed by atoms with Gasteiger partial charge in [0.1, 0.15) is 5.60 Å². The van der Waals surface area contributed by atoms with Gasteiger partial charge in [-0.1, -0.05) is 30.4 Å². The van der Waals surface area contributed by atoms with E-state index in [9.17, 15) is 4.79 Å². The summed E-state index contributed by atoms with van der Waals surface area (Å²) in [5.41, 5.74) is 2.01. The lowest BCUT2D eigenvalue weighted by molar-refractivity contribution is 0.0527. The van der Waals surface area contributed by atoms with Gasteiger partial charge in [-0.05, 0) is 51.7 Å². The van der Waals surface area contributed by atoms with Crippen LogP contribution in [0.2, 0.25) is 0 Å². The smallest absolute Gasteiger partial charge is 0.407 e. The largest absolute Gasteiger partial charge is 0.444 e. The lowest BCUT2D eigenvalue weighted by Crippen LogP contribution is -2.33. The molecule has 1 amide bonds. The summed E-state index contributed by atoms with van der Waals surface area (Å²) < 4.78 is 5.19. The highest BCUT2D eigenvalue weighted by atomic mass is 32.1. The van der Waals surface area contributed by atoms with Crippen molar-refractivity contribution in [3.8, 4) is 0 Å². The number of alkyl carbamates (subject to hydrolysis) is 1. The minimum absolute atomic E-state index is 0.361. The van der Waals surface area contributed by atoms with Crippen molar-refractivity contribution in [2.45, 2.75) is 52.1 Å². The van der Waals surface area contributed by atoms with Gasteiger partial charge in [-0.25, -0.2) is 4.79 Å². The van der Waals surface area contributed by atoms with Gasteiger partial charge in [0.05, 0.1) is 4.99 Å². The number of H-pyrrole nitrogens is 1. The molecule has 0 spiro atoms. The Kier molecular flexibility index (Phi) is 7.45. The van der Waals surface area contributed by atoms with Gasteiger partial charge in [-0.3, -0.25) is 0 Å². The number of unbranched alkanes of at least 4 members (excludes halogenated alkanes) is 1. The number of aromatic amines is 1. The molecule has 3 N–H and O–H groups in total. The molecular formula is C20H29N3O2S. The van der Waals surface area contributed by atoms with Gasteiger partial charge in [0.25, 0.3) is 0 Å². The van der Waals surface area contributed by atoms with Crippen LogP contribution in [0.15, 0.2) is 30.5 Å². The summed E-state index contributed by atoms with van der Waals surface area (Å²) in [4.78, 5) is 15.7. The number of hydrogen-bond acceptors (Lipinski definition) is 3. The summed E-state index contributed by atoms with van der Waals surface area (Å²) in [5, 5.41) is 7.33. The van der Waals surface area contributed by atoms with Crippen LogP contribution in [0.4, 0.5) is 4.79 Å². The number of benzene rings is 1. The van der Waals surface area contributed by atoms with E-state index in [-0.39, 0.29) is 6.09 Å². The number of aromatic nitrogens is 1. The predicted octanol–water partition coefficient (Wildman–Crippen LogP) is 4.32. The number of para-hydroxylation sites is 1. The topological polar surface area (TPSA) is 66.2 Å². The Morgan fingerprint density at radius 1 is 1.15 bits per heavy atom. The standard InChI is InChI=1S/C20H29N3O2S/c1-20(2,3)25-19(24)22-13-7-6-12-21-18(26)11-10-15-14-23-17-9-5-4-8-16(15)17/h4-5,8-9,14,23H,6-7,10-13H2,1-3H3,(H,21,26)(H,22,24). The summed E-state index contributed by atoms with van der Waals surface area (Å²) >= 11 is 5.42. The Morgan fingerprint density at radius 3 is 2.58 bits per heavy atom. The van der Waals surface area contributed by atoms with E-state index < -0.39 is 5.60 Å². The molecule has 1 aromatic carbocycles. The molecule has 26 heavy (non-hydrogen) atoms.